The van der Waals surface area contributed by atoms with Gasteiger partial charge in [-0.3, -0.25) is 9.78 Å². The van der Waals surface area contributed by atoms with Gasteiger partial charge >= 0.3 is 0 Å². The van der Waals surface area contributed by atoms with Gasteiger partial charge in [0.15, 0.2) is 0 Å². The summed E-state index contributed by atoms with van der Waals surface area (Å²) in [5, 5.41) is 13.2. The molecule has 2 rings (SSSR count). The van der Waals surface area contributed by atoms with Gasteiger partial charge in [0.05, 0.1) is 16.9 Å². The highest BCUT2D eigenvalue weighted by Gasteiger charge is 2.28. The van der Waals surface area contributed by atoms with E-state index in [1.807, 2.05) is 6.92 Å². The van der Waals surface area contributed by atoms with Crippen molar-refractivity contribution in [2.75, 3.05) is 5.32 Å². The predicted octanol–water partition coefficient (Wildman–Crippen LogP) is 1.29. The van der Waals surface area contributed by atoms with Crippen LogP contribution >= 0.6 is 0 Å². The molecule has 4 N–H and O–H groups in total. The molecule has 0 spiro atoms. The molecule has 1 heterocycles. The third-order valence-corrected chi connectivity index (χ3v) is 3.51. The second kappa shape index (κ2) is 4.94. The number of aliphatic hydroxyl groups is 1. The Balaban J connectivity index is 2.04. The number of pyridine rings is 1. The number of nitrogens with one attached hydrogen (secondary N) is 1. The van der Waals surface area contributed by atoms with E-state index in [0.29, 0.717) is 5.56 Å². The van der Waals surface area contributed by atoms with Crippen LogP contribution in [0.5, 0.6) is 0 Å². The van der Waals surface area contributed by atoms with E-state index in [0.717, 1.165) is 31.4 Å². The zero-order valence-corrected chi connectivity index (χ0v) is 10.5. The highest BCUT2D eigenvalue weighted by Crippen LogP contribution is 2.29. The van der Waals surface area contributed by atoms with Gasteiger partial charge in [-0.05, 0) is 38.7 Å². The van der Waals surface area contributed by atoms with E-state index in [4.69, 9.17) is 5.73 Å². The molecule has 1 aromatic rings. The Morgan fingerprint density at radius 3 is 2.83 bits per heavy atom. The molecule has 0 bridgehead atoms. The van der Waals surface area contributed by atoms with Crippen LogP contribution in [0.3, 0.4) is 0 Å². The van der Waals surface area contributed by atoms with Crippen LogP contribution < -0.4 is 11.1 Å². The monoisotopic (exact) mass is 249 g/mol. The SMILES string of the molecule is CC1(O)CCC(Nc2ccncc2C(N)=O)CC1. The minimum Gasteiger partial charge on any atom is -0.390 e. The Labute approximate surface area is 106 Å². The third kappa shape index (κ3) is 2.98. The first-order valence-corrected chi connectivity index (χ1v) is 6.21. The normalized spacial score (nSPS) is 27.8. The summed E-state index contributed by atoms with van der Waals surface area (Å²) in [6.45, 7) is 1.87. The maximum atomic E-state index is 11.3. The van der Waals surface area contributed by atoms with E-state index >= 15 is 0 Å². The standard InChI is InChI=1S/C13H19N3O2/c1-13(18)5-2-9(3-6-13)16-11-4-7-15-8-10(11)12(14)17/h4,7-9,18H,2-3,5-6H2,1H3,(H2,14,17)(H,15,16). The lowest BCUT2D eigenvalue weighted by atomic mass is 9.83. The summed E-state index contributed by atoms with van der Waals surface area (Å²) in [6, 6.07) is 2.03. The van der Waals surface area contributed by atoms with Crippen molar-refractivity contribution >= 4 is 11.6 Å². The van der Waals surface area contributed by atoms with E-state index in [-0.39, 0.29) is 6.04 Å². The van der Waals surface area contributed by atoms with Crippen LogP contribution in [-0.2, 0) is 0 Å². The molecule has 0 aromatic carbocycles. The molecule has 0 saturated heterocycles. The van der Waals surface area contributed by atoms with Gasteiger partial charge in [-0.25, -0.2) is 0 Å². The number of carbonyl (C=O) groups is 1. The molecule has 1 fully saturated rings. The number of aromatic nitrogens is 1. The Morgan fingerprint density at radius 1 is 1.56 bits per heavy atom. The van der Waals surface area contributed by atoms with Gasteiger partial charge in [-0.1, -0.05) is 0 Å². The topological polar surface area (TPSA) is 88.2 Å². The summed E-state index contributed by atoms with van der Waals surface area (Å²) in [7, 11) is 0. The molecule has 5 heteroatoms. The van der Waals surface area contributed by atoms with Crippen LogP contribution in [-0.4, -0.2) is 27.6 Å². The molecule has 0 atom stereocenters. The van der Waals surface area contributed by atoms with Crippen molar-refractivity contribution < 1.29 is 9.90 Å². The average molecular weight is 249 g/mol. The molecule has 1 amide bonds. The number of hydrogen-bond donors (Lipinski definition) is 3. The molecule has 1 aliphatic rings. The van der Waals surface area contributed by atoms with Gasteiger partial charge in [-0.15, -0.1) is 0 Å². The molecule has 1 saturated carbocycles. The first kappa shape index (κ1) is 12.8. The van der Waals surface area contributed by atoms with E-state index in [1.54, 1.807) is 12.3 Å². The molecule has 0 radical (unpaired) electrons. The number of hydrogen-bond acceptors (Lipinski definition) is 4. The summed E-state index contributed by atoms with van der Waals surface area (Å²) in [5.41, 5.74) is 5.89. The highest BCUT2D eigenvalue weighted by molar-refractivity contribution is 5.98. The van der Waals surface area contributed by atoms with Crippen molar-refractivity contribution in [1.29, 1.82) is 0 Å². The van der Waals surface area contributed by atoms with Crippen LogP contribution in [0.4, 0.5) is 5.69 Å². The van der Waals surface area contributed by atoms with Gasteiger partial charge < -0.3 is 16.2 Å². The first-order chi connectivity index (χ1) is 8.48. The number of primary amides is 1. The molecule has 1 aromatic heterocycles. The van der Waals surface area contributed by atoms with E-state index in [2.05, 4.69) is 10.3 Å². The van der Waals surface area contributed by atoms with E-state index in [9.17, 15) is 9.90 Å². The third-order valence-electron chi connectivity index (χ3n) is 3.51. The van der Waals surface area contributed by atoms with Gasteiger partial charge in [0.25, 0.3) is 5.91 Å². The zero-order chi connectivity index (χ0) is 13.2. The number of rotatable bonds is 3. The lowest BCUT2D eigenvalue weighted by molar-refractivity contribution is 0.0196. The predicted molar refractivity (Wildman–Crippen MR) is 69.3 cm³/mol. The van der Waals surface area contributed by atoms with Crippen LogP contribution in [0.2, 0.25) is 0 Å². The Hall–Kier alpha value is -1.62. The van der Waals surface area contributed by atoms with E-state index < -0.39 is 11.5 Å². The average Bonchev–Trinajstić information content (AvgIpc) is 2.32. The van der Waals surface area contributed by atoms with Gasteiger partial charge in [0.1, 0.15) is 0 Å². The van der Waals surface area contributed by atoms with Crippen molar-refractivity contribution in [3.8, 4) is 0 Å². The Bertz CT molecular complexity index is 436. The molecular weight excluding hydrogens is 230 g/mol. The Morgan fingerprint density at radius 2 is 2.22 bits per heavy atom. The Kier molecular flexibility index (Phi) is 3.52. The molecule has 0 aliphatic heterocycles. The van der Waals surface area contributed by atoms with Gasteiger partial charge in [0.2, 0.25) is 0 Å². The summed E-state index contributed by atoms with van der Waals surface area (Å²) in [4.78, 5) is 15.2. The maximum absolute atomic E-state index is 11.3. The van der Waals surface area contributed by atoms with Crippen molar-refractivity contribution in [3.05, 3.63) is 24.0 Å². The molecule has 98 valence electrons. The molecular formula is C13H19N3O2. The lowest BCUT2D eigenvalue weighted by Gasteiger charge is -2.34. The van der Waals surface area contributed by atoms with Crippen LogP contribution in [0.15, 0.2) is 18.5 Å². The fourth-order valence-electron chi connectivity index (χ4n) is 2.32. The second-order valence-corrected chi connectivity index (χ2v) is 5.20. The summed E-state index contributed by atoms with van der Waals surface area (Å²) in [6.07, 6.45) is 6.40. The van der Waals surface area contributed by atoms with Crippen molar-refractivity contribution in [3.63, 3.8) is 0 Å². The minimum atomic E-state index is -0.553. The number of nitrogens with zero attached hydrogens (tertiary/aromatic N) is 1. The number of anilines is 1. The lowest BCUT2D eigenvalue weighted by Crippen LogP contribution is -2.36. The van der Waals surface area contributed by atoms with Gasteiger partial charge in [-0.2, -0.15) is 0 Å². The maximum Gasteiger partial charge on any atom is 0.252 e. The quantitative estimate of drug-likeness (QED) is 0.753. The molecule has 18 heavy (non-hydrogen) atoms. The van der Waals surface area contributed by atoms with Crippen LogP contribution in [0, 0.1) is 0 Å². The van der Waals surface area contributed by atoms with Crippen molar-refractivity contribution in [2.24, 2.45) is 5.73 Å². The number of nitrogens with two attached hydrogens (primary N) is 1. The van der Waals surface area contributed by atoms with Crippen LogP contribution in [0.25, 0.3) is 0 Å². The minimum absolute atomic E-state index is 0.269. The zero-order valence-electron chi connectivity index (χ0n) is 10.5. The smallest absolute Gasteiger partial charge is 0.252 e. The number of amides is 1. The highest BCUT2D eigenvalue weighted by atomic mass is 16.3. The second-order valence-electron chi connectivity index (χ2n) is 5.20. The first-order valence-electron chi connectivity index (χ1n) is 6.21. The van der Waals surface area contributed by atoms with Crippen molar-refractivity contribution in [2.45, 2.75) is 44.2 Å². The number of carbonyl (C=O) groups excluding carboxylic acids is 1. The van der Waals surface area contributed by atoms with Crippen molar-refractivity contribution in [1.82, 2.24) is 4.98 Å². The fraction of sp³-hybridized carbons (Fsp3) is 0.538. The van der Waals surface area contributed by atoms with Crippen LogP contribution in [0.1, 0.15) is 43.0 Å². The summed E-state index contributed by atoms with van der Waals surface area (Å²) in [5.74, 6) is -0.478. The molecule has 5 nitrogen and oxygen atoms in total. The fourth-order valence-corrected chi connectivity index (χ4v) is 2.32. The molecule has 0 unspecified atom stereocenters. The largest absolute Gasteiger partial charge is 0.390 e. The van der Waals surface area contributed by atoms with Gasteiger partial charge in [0, 0.05) is 18.4 Å². The summed E-state index contributed by atoms with van der Waals surface area (Å²) >= 11 is 0. The summed E-state index contributed by atoms with van der Waals surface area (Å²) < 4.78 is 0. The van der Waals surface area contributed by atoms with E-state index in [1.165, 1.54) is 6.20 Å². The molecule has 1 aliphatic carbocycles.